The molecule has 0 aromatic heterocycles. The van der Waals surface area contributed by atoms with E-state index in [1.54, 1.807) is 24.3 Å². The number of ether oxygens (including phenoxy) is 3. The van der Waals surface area contributed by atoms with Gasteiger partial charge in [0.05, 0.1) is 0 Å². The summed E-state index contributed by atoms with van der Waals surface area (Å²) >= 11 is -1.09. The molecule has 0 aliphatic heterocycles. The van der Waals surface area contributed by atoms with Crippen molar-refractivity contribution in [3.8, 4) is 11.5 Å². The Kier molecular flexibility index (Phi) is 10.2. The van der Waals surface area contributed by atoms with Crippen molar-refractivity contribution in [2.24, 2.45) is 0 Å². The predicted molar refractivity (Wildman–Crippen MR) is 124 cm³/mol. The number of alkyl halides is 2. The molecule has 13 heteroatoms. The predicted octanol–water partition coefficient (Wildman–Crippen LogP) is 1.60. The third-order valence-corrected chi connectivity index (χ3v) is 17.5. The Labute approximate surface area is 217 Å². The van der Waals surface area contributed by atoms with Gasteiger partial charge in [-0.15, -0.1) is 0 Å². The molecule has 35 heavy (non-hydrogen) atoms. The fourth-order valence-corrected chi connectivity index (χ4v) is 13.2. The molecule has 0 bridgehead atoms. The van der Waals surface area contributed by atoms with Gasteiger partial charge in [-0.05, 0) is 0 Å². The summed E-state index contributed by atoms with van der Waals surface area (Å²) in [6.07, 6.45) is 5.17. The van der Waals surface area contributed by atoms with Crippen LogP contribution in [0.2, 0.25) is 0 Å². The summed E-state index contributed by atoms with van der Waals surface area (Å²) < 4.78 is 73.7. The zero-order valence-electron chi connectivity index (χ0n) is 18.2. The van der Waals surface area contributed by atoms with Crippen LogP contribution in [0.3, 0.4) is 0 Å². The van der Waals surface area contributed by atoms with E-state index in [9.17, 15) is 26.8 Å². The Morgan fingerprint density at radius 2 is 1.43 bits per heavy atom. The summed E-state index contributed by atoms with van der Waals surface area (Å²) in [7, 11) is -5.91. The Balaban J connectivity index is 1.43. The normalized spacial score (nSPS) is 14.8. The summed E-state index contributed by atoms with van der Waals surface area (Å²) in [5.41, 5.74) is 0. The molecule has 1 saturated carbocycles. The molecular formula is C22H22F2O8STe2. The first-order valence-corrected chi connectivity index (χ1v) is 21.6. The van der Waals surface area contributed by atoms with Crippen molar-refractivity contribution in [1.82, 2.24) is 0 Å². The fourth-order valence-electron chi connectivity index (χ4n) is 3.07. The van der Waals surface area contributed by atoms with E-state index in [-0.39, 0.29) is 24.4 Å². The third-order valence-electron chi connectivity index (χ3n) is 4.86. The van der Waals surface area contributed by atoms with E-state index in [0.717, 1.165) is 29.3 Å². The Hall–Kier alpha value is -1.47. The molecule has 8 nitrogen and oxygen atoms in total. The van der Waals surface area contributed by atoms with Gasteiger partial charge in [0.15, 0.2) is 0 Å². The van der Waals surface area contributed by atoms with Gasteiger partial charge >= 0.3 is 219 Å². The van der Waals surface area contributed by atoms with E-state index in [2.05, 4.69) is 4.74 Å². The maximum atomic E-state index is 13.3. The Morgan fingerprint density at radius 3 is 1.94 bits per heavy atom. The van der Waals surface area contributed by atoms with Crippen LogP contribution in [0.4, 0.5) is 8.78 Å². The van der Waals surface area contributed by atoms with E-state index in [1.165, 1.54) is 22.2 Å². The summed E-state index contributed by atoms with van der Waals surface area (Å²) in [5.74, 6) is -2.41. The molecule has 3 rings (SSSR count). The first-order chi connectivity index (χ1) is 16.5. The van der Waals surface area contributed by atoms with Gasteiger partial charge in [0.2, 0.25) is 0 Å². The second-order valence-electron chi connectivity index (χ2n) is 7.53. The molecule has 0 unspecified atom stereocenters. The molecule has 1 aliphatic rings. The van der Waals surface area contributed by atoms with E-state index in [1.807, 2.05) is 12.1 Å². The van der Waals surface area contributed by atoms with Gasteiger partial charge in [-0.2, -0.15) is 0 Å². The SMILES string of the molecule is O=C(COc1ccc([Te][Te]c2ccc(OC(=O)C(F)(F)S(=O)(=O)O)cc2)cc1)OC1CCCCC1. The van der Waals surface area contributed by atoms with Crippen molar-refractivity contribution in [2.45, 2.75) is 43.5 Å². The van der Waals surface area contributed by atoms with Gasteiger partial charge in [-0.25, -0.2) is 0 Å². The number of halogens is 2. The van der Waals surface area contributed by atoms with Gasteiger partial charge in [0, 0.05) is 0 Å². The molecule has 190 valence electrons. The minimum absolute atomic E-state index is 0.00349. The second-order valence-corrected chi connectivity index (χ2v) is 19.0. The standard InChI is InChI=1S/C22H22F2O8STe2/c23-22(24,33(27,28)29)21(26)32-17-8-12-19(13-9-17)35-34-18-10-6-15(7-11-18)30-14-20(25)31-16-4-2-1-3-5-16/h6-13,16H,1-5,14H2,(H,27,28,29). The van der Waals surface area contributed by atoms with Crippen LogP contribution < -0.4 is 16.7 Å². The third kappa shape index (κ3) is 8.56. The Morgan fingerprint density at radius 1 is 0.914 bits per heavy atom. The summed E-state index contributed by atoms with van der Waals surface area (Å²) in [5, 5.41) is -5.04. The van der Waals surface area contributed by atoms with Gasteiger partial charge in [0.25, 0.3) is 0 Å². The van der Waals surface area contributed by atoms with Crippen LogP contribution in [0.1, 0.15) is 32.1 Å². The molecule has 0 atom stereocenters. The summed E-state index contributed by atoms with van der Waals surface area (Å²) in [6.45, 7) is -0.131. The first-order valence-electron chi connectivity index (χ1n) is 10.5. The molecule has 0 amide bonds. The molecule has 1 fully saturated rings. The molecule has 0 radical (unpaired) electrons. The van der Waals surface area contributed by atoms with Crippen LogP contribution in [0.5, 0.6) is 11.5 Å². The van der Waals surface area contributed by atoms with E-state index >= 15 is 0 Å². The van der Waals surface area contributed by atoms with Gasteiger partial charge in [-0.1, -0.05) is 0 Å². The number of esters is 2. The van der Waals surface area contributed by atoms with Crippen LogP contribution in [0, 0.1) is 0 Å². The zero-order valence-corrected chi connectivity index (χ0v) is 23.7. The summed E-state index contributed by atoms with van der Waals surface area (Å²) in [4.78, 5) is 23.3. The van der Waals surface area contributed by atoms with Crippen molar-refractivity contribution in [3.05, 3.63) is 48.5 Å². The van der Waals surface area contributed by atoms with Gasteiger partial charge in [0.1, 0.15) is 0 Å². The van der Waals surface area contributed by atoms with Crippen LogP contribution in [0.25, 0.3) is 0 Å². The molecule has 1 N–H and O–H groups in total. The molecular weight excluding hydrogens is 717 g/mol. The van der Waals surface area contributed by atoms with Crippen LogP contribution in [0.15, 0.2) is 48.5 Å². The first kappa shape index (κ1) is 28.1. The van der Waals surface area contributed by atoms with Crippen molar-refractivity contribution in [1.29, 1.82) is 0 Å². The van der Waals surface area contributed by atoms with Crippen LogP contribution >= 0.6 is 0 Å². The minimum atomic E-state index is -5.91. The van der Waals surface area contributed by atoms with Gasteiger partial charge < -0.3 is 0 Å². The number of hydrogen-bond donors (Lipinski definition) is 1. The molecule has 2 aromatic rings. The van der Waals surface area contributed by atoms with Crippen LogP contribution in [-0.4, -0.2) is 77.0 Å². The number of carbonyl (C=O) groups is 2. The quantitative estimate of drug-likeness (QED) is 0.169. The van der Waals surface area contributed by atoms with Crippen molar-refractivity contribution >= 4 is 63.4 Å². The van der Waals surface area contributed by atoms with Crippen LogP contribution in [-0.2, 0) is 24.4 Å². The molecule has 1 aliphatic carbocycles. The van der Waals surface area contributed by atoms with Crippen molar-refractivity contribution in [2.75, 3.05) is 6.61 Å². The maximum absolute atomic E-state index is 13.3. The van der Waals surface area contributed by atoms with Gasteiger partial charge in [-0.3, -0.25) is 0 Å². The number of hydrogen-bond acceptors (Lipinski definition) is 7. The van der Waals surface area contributed by atoms with Crippen molar-refractivity contribution < 1.29 is 45.6 Å². The summed E-state index contributed by atoms with van der Waals surface area (Å²) in [6, 6.07) is 13.4. The van der Waals surface area contributed by atoms with E-state index in [0.29, 0.717) is 5.75 Å². The molecule has 2 aromatic carbocycles. The van der Waals surface area contributed by atoms with E-state index in [4.69, 9.17) is 14.0 Å². The zero-order chi connectivity index (χ0) is 25.5. The van der Waals surface area contributed by atoms with Crippen molar-refractivity contribution in [3.63, 3.8) is 0 Å². The number of carbonyl (C=O) groups excluding carboxylic acids is 2. The molecule has 0 saturated heterocycles. The topological polar surface area (TPSA) is 116 Å². The van der Waals surface area contributed by atoms with E-state index < -0.39 is 55.5 Å². The monoisotopic (exact) mass is 744 g/mol. The Bertz CT molecular complexity index is 1120. The average Bonchev–Trinajstić information content (AvgIpc) is 2.83. The molecule has 0 spiro atoms. The average molecular weight is 740 g/mol. The number of rotatable bonds is 10. The second kappa shape index (κ2) is 12.7. The fraction of sp³-hybridized carbons (Fsp3) is 0.364. The molecule has 0 heterocycles. The number of benzene rings is 2.